The maximum atomic E-state index is 9.60. The normalized spacial score (nSPS) is 10.4. The second-order valence-corrected chi connectivity index (χ2v) is 3.70. The largest absolute Gasteiger partial charge is 0.507 e. The van der Waals surface area contributed by atoms with Gasteiger partial charge in [0.1, 0.15) is 5.75 Å². The topological polar surface area (TPSA) is 59.2 Å². The molecule has 2 rings (SSSR count). The Morgan fingerprint density at radius 3 is 2.71 bits per heavy atom. The van der Waals surface area contributed by atoms with Crippen molar-refractivity contribution in [3.63, 3.8) is 0 Å². The first-order valence-corrected chi connectivity index (χ1v) is 4.75. The highest BCUT2D eigenvalue weighted by atomic mass is 79.9. The maximum absolute atomic E-state index is 9.60. The van der Waals surface area contributed by atoms with Gasteiger partial charge >= 0.3 is 0 Å². The van der Waals surface area contributed by atoms with E-state index < -0.39 is 0 Å². The van der Waals surface area contributed by atoms with E-state index in [9.17, 15) is 5.11 Å². The van der Waals surface area contributed by atoms with Gasteiger partial charge in [0.2, 0.25) is 5.89 Å². The van der Waals surface area contributed by atoms with Crippen LogP contribution < -0.4 is 0 Å². The Kier molecular flexibility index (Phi) is 2.25. The Labute approximate surface area is 88.7 Å². The van der Waals surface area contributed by atoms with Gasteiger partial charge in [-0.05, 0) is 18.2 Å². The molecule has 0 aliphatic rings. The van der Waals surface area contributed by atoms with Gasteiger partial charge in [0.25, 0.3) is 5.89 Å². The Morgan fingerprint density at radius 1 is 1.36 bits per heavy atom. The predicted molar refractivity (Wildman–Crippen MR) is 53.8 cm³/mol. The third-order valence-corrected chi connectivity index (χ3v) is 2.21. The minimum Gasteiger partial charge on any atom is -0.507 e. The summed E-state index contributed by atoms with van der Waals surface area (Å²) < 4.78 is 5.99. The van der Waals surface area contributed by atoms with Gasteiger partial charge in [-0.1, -0.05) is 15.9 Å². The molecule has 0 radical (unpaired) electrons. The van der Waals surface area contributed by atoms with Crippen LogP contribution in [0.2, 0.25) is 0 Å². The lowest BCUT2D eigenvalue weighted by atomic mass is 10.2. The van der Waals surface area contributed by atoms with Crippen molar-refractivity contribution in [3.8, 4) is 17.2 Å². The summed E-state index contributed by atoms with van der Waals surface area (Å²) in [6.45, 7) is 1.70. The summed E-state index contributed by atoms with van der Waals surface area (Å²) in [5, 5.41) is 17.1. The molecule has 5 heteroatoms. The highest BCUT2D eigenvalue weighted by molar-refractivity contribution is 9.10. The minimum atomic E-state index is 0.114. The second-order valence-electron chi connectivity index (χ2n) is 2.79. The summed E-state index contributed by atoms with van der Waals surface area (Å²) in [4.78, 5) is 0. The first kappa shape index (κ1) is 9.21. The molecular weight excluding hydrogens is 248 g/mol. The van der Waals surface area contributed by atoms with Crippen LogP contribution in [0.25, 0.3) is 11.5 Å². The number of aromatic hydroxyl groups is 1. The second kappa shape index (κ2) is 3.42. The molecule has 0 unspecified atom stereocenters. The van der Waals surface area contributed by atoms with Crippen LogP contribution in [-0.4, -0.2) is 15.3 Å². The molecule has 1 aromatic heterocycles. The Hall–Kier alpha value is -1.36. The molecule has 14 heavy (non-hydrogen) atoms. The standard InChI is InChI=1S/C9H7BrN2O2/c1-5-11-12-9(14-5)7-3-2-6(10)4-8(7)13/h2-4,13H,1H3. The van der Waals surface area contributed by atoms with Crippen molar-refractivity contribution in [2.75, 3.05) is 0 Å². The highest BCUT2D eigenvalue weighted by Gasteiger charge is 2.10. The average Bonchev–Trinajstić information content (AvgIpc) is 2.51. The number of halogens is 1. The van der Waals surface area contributed by atoms with Crippen LogP contribution in [0.3, 0.4) is 0 Å². The van der Waals surface area contributed by atoms with Gasteiger partial charge in [0.05, 0.1) is 5.56 Å². The zero-order chi connectivity index (χ0) is 10.1. The fraction of sp³-hybridized carbons (Fsp3) is 0.111. The summed E-state index contributed by atoms with van der Waals surface area (Å²) in [5.41, 5.74) is 0.536. The Bertz CT molecular complexity index is 468. The van der Waals surface area contributed by atoms with E-state index in [4.69, 9.17) is 4.42 Å². The lowest BCUT2D eigenvalue weighted by Gasteiger charge is -1.99. The lowest BCUT2D eigenvalue weighted by molar-refractivity contribution is 0.470. The SMILES string of the molecule is Cc1nnc(-c2ccc(Br)cc2O)o1. The first-order valence-electron chi connectivity index (χ1n) is 3.96. The monoisotopic (exact) mass is 254 g/mol. The number of nitrogens with zero attached hydrogens (tertiary/aromatic N) is 2. The van der Waals surface area contributed by atoms with E-state index in [-0.39, 0.29) is 5.75 Å². The van der Waals surface area contributed by atoms with Crippen LogP contribution in [0, 0.1) is 6.92 Å². The van der Waals surface area contributed by atoms with Gasteiger partial charge in [-0.3, -0.25) is 0 Å². The third kappa shape index (κ3) is 1.63. The molecule has 0 bridgehead atoms. The number of phenolic OH excluding ortho intramolecular Hbond substituents is 1. The fourth-order valence-electron chi connectivity index (χ4n) is 1.09. The van der Waals surface area contributed by atoms with Gasteiger partial charge in [-0.25, -0.2) is 0 Å². The van der Waals surface area contributed by atoms with Gasteiger partial charge in [0, 0.05) is 11.4 Å². The van der Waals surface area contributed by atoms with Crippen LogP contribution in [0.1, 0.15) is 5.89 Å². The molecule has 0 amide bonds. The smallest absolute Gasteiger partial charge is 0.251 e. The number of aromatic nitrogens is 2. The quantitative estimate of drug-likeness (QED) is 0.850. The van der Waals surface area contributed by atoms with Crippen molar-refractivity contribution in [1.29, 1.82) is 0 Å². The molecule has 2 aromatic rings. The summed E-state index contributed by atoms with van der Waals surface area (Å²) in [5.74, 6) is 0.915. The van der Waals surface area contributed by atoms with E-state index >= 15 is 0 Å². The molecule has 0 fully saturated rings. The molecule has 0 spiro atoms. The fourth-order valence-corrected chi connectivity index (χ4v) is 1.44. The van der Waals surface area contributed by atoms with E-state index in [0.717, 1.165) is 4.47 Å². The third-order valence-electron chi connectivity index (χ3n) is 1.72. The molecule has 0 saturated heterocycles. The van der Waals surface area contributed by atoms with E-state index in [1.165, 1.54) is 0 Å². The van der Waals surface area contributed by atoms with E-state index in [1.807, 2.05) is 0 Å². The van der Waals surface area contributed by atoms with Crippen molar-refractivity contribution in [2.24, 2.45) is 0 Å². The minimum absolute atomic E-state index is 0.114. The van der Waals surface area contributed by atoms with E-state index in [1.54, 1.807) is 25.1 Å². The van der Waals surface area contributed by atoms with Crippen molar-refractivity contribution < 1.29 is 9.52 Å². The number of hydrogen-bond acceptors (Lipinski definition) is 4. The molecule has 4 nitrogen and oxygen atoms in total. The summed E-state index contributed by atoms with van der Waals surface area (Å²) in [6.07, 6.45) is 0. The van der Waals surface area contributed by atoms with Crippen molar-refractivity contribution in [1.82, 2.24) is 10.2 Å². The predicted octanol–water partition coefficient (Wildman–Crippen LogP) is 2.51. The molecule has 0 aliphatic heterocycles. The van der Waals surface area contributed by atoms with Crippen LogP contribution in [0.5, 0.6) is 5.75 Å². The number of hydrogen-bond donors (Lipinski definition) is 1. The number of benzene rings is 1. The molecule has 72 valence electrons. The molecule has 0 saturated carbocycles. The first-order chi connectivity index (χ1) is 6.66. The zero-order valence-corrected chi connectivity index (χ0v) is 8.95. The average molecular weight is 255 g/mol. The molecule has 0 aliphatic carbocycles. The van der Waals surface area contributed by atoms with Crippen molar-refractivity contribution >= 4 is 15.9 Å². The van der Waals surface area contributed by atoms with E-state index in [0.29, 0.717) is 17.3 Å². The van der Waals surface area contributed by atoms with Gasteiger partial charge < -0.3 is 9.52 Å². The molecule has 1 aromatic carbocycles. The van der Waals surface area contributed by atoms with Crippen LogP contribution in [0.15, 0.2) is 27.1 Å². The lowest BCUT2D eigenvalue weighted by Crippen LogP contribution is -1.79. The number of phenols is 1. The zero-order valence-electron chi connectivity index (χ0n) is 7.36. The van der Waals surface area contributed by atoms with Crippen LogP contribution in [0.4, 0.5) is 0 Å². The van der Waals surface area contributed by atoms with Crippen molar-refractivity contribution in [3.05, 3.63) is 28.6 Å². The van der Waals surface area contributed by atoms with Crippen LogP contribution in [-0.2, 0) is 0 Å². The van der Waals surface area contributed by atoms with E-state index in [2.05, 4.69) is 26.1 Å². The molecule has 1 N–H and O–H groups in total. The van der Waals surface area contributed by atoms with Gasteiger partial charge in [-0.15, -0.1) is 10.2 Å². The highest BCUT2D eigenvalue weighted by Crippen LogP contribution is 2.30. The summed E-state index contributed by atoms with van der Waals surface area (Å²) >= 11 is 3.25. The number of rotatable bonds is 1. The Morgan fingerprint density at radius 2 is 2.14 bits per heavy atom. The molecule has 0 atom stereocenters. The van der Waals surface area contributed by atoms with Gasteiger partial charge in [0.15, 0.2) is 0 Å². The molecule has 1 heterocycles. The van der Waals surface area contributed by atoms with Crippen molar-refractivity contribution in [2.45, 2.75) is 6.92 Å². The van der Waals surface area contributed by atoms with Gasteiger partial charge in [-0.2, -0.15) is 0 Å². The maximum Gasteiger partial charge on any atom is 0.251 e. The van der Waals surface area contributed by atoms with Crippen LogP contribution >= 0.6 is 15.9 Å². The summed E-state index contributed by atoms with van der Waals surface area (Å²) in [7, 11) is 0. The number of aryl methyl sites for hydroxylation is 1. The Balaban J connectivity index is 2.52. The summed E-state index contributed by atoms with van der Waals surface area (Å²) in [6, 6.07) is 5.09. The molecular formula is C9H7BrN2O2.